The third kappa shape index (κ3) is 6.05. The van der Waals surface area contributed by atoms with Crippen LogP contribution < -0.4 is 0 Å². The molecule has 3 nitrogen and oxygen atoms in total. The Morgan fingerprint density at radius 1 is 0.941 bits per heavy atom. The molecule has 0 spiro atoms. The molecule has 0 aliphatic heterocycles. The smallest absolute Gasteiger partial charge is 0.0566 e. The van der Waals surface area contributed by atoms with Gasteiger partial charge in [0.15, 0.2) is 0 Å². The fourth-order valence-corrected chi connectivity index (χ4v) is 1.30. The number of H-pyrrole nitrogens is 1. The predicted molar refractivity (Wildman–Crippen MR) is 75.4 cm³/mol. The molecule has 94 valence electrons. The van der Waals surface area contributed by atoms with Crippen molar-refractivity contribution < 1.29 is 0 Å². The van der Waals surface area contributed by atoms with Gasteiger partial charge in [-0.1, -0.05) is 27.7 Å². The van der Waals surface area contributed by atoms with Crippen LogP contribution in [0, 0.1) is 11.8 Å². The second-order valence-electron chi connectivity index (χ2n) is 5.15. The van der Waals surface area contributed by atoms with Crippen molar-refractivity contribution in [3.05, 3.63) is 23.5 Å². The van der Waals surface area contributed by atoms with Crippen LogP contribution in [0.3, 0.4) is 0 Å². The van der Waals surface area contributed by atoms with Gasteiger partial charge in [-0.25, -0.2) is 0 Å². The highest BCUT2D eigenvalue weighted by molar-refractivity contribution is 5.83. The summed E-state index contributed by atoms with van der Waals surface area (Å²) >= 11 is 0. The lowest BCUT2D eigenvalue weighted by molar-refractivity contribution is 0.667. The maximum atomic E-state index is 4.36. The van der Waals surface area contributed by atoms with E-state index in [1.807, 2.05) is 24.6 Å². The molecular weight excluding hydrogens is 210 g/mol. The highest BCUT2D eigenvalue weighted by Gasteiger charge is 1.94. The quantitative estimate of drug-likeness (QED) is 0.733. The second kappa shape index (κ2) is 7.05. The van der Waals surface area contributed by atoms with Crippen molar-refractivity contribution in [3.8, 4) is 0 Å². The molecule has 1 aromatic rings. The molecule has 0 aromatic carbocycles. The highest BCUT2D eigenvalue weighted by atomic mass is 14.8. The summed E-state index contributed by atoms with van der Waals surface area (Å²) in [7, 11) is 0. The zero-order valence-electron chi connectivity index (χ0n) is 11.3. The van der Waals surface area contributed by atoms with Crippen LogP contribution in [-0.2, 0) is 0 Å². The van der Waals surface area contributed by atoms with Crippen LogP contribution in [0.15, 0.2) is 22.1 Å². The van der Waals surface area contributed by atoms with Crippen molar-refractivity contribution in [3.63, 3.8) is 0 Å². The van der Waals surface area contributed by atoms with Gasteiger partial charge < -0.3 is 4.98 Å². The number of hydrogen-bond donors (Lipinski definition) is 1. The molecule has 0 saturated heterocycles. The van der Waals surface area contributed by atoms with Crippen molar-refractivity contribution in [2.75, 3.05) is 13.1 Å². The summed E-state index contributed by atoms with van der Waals surface area (Å²) in [5.74, 6) is 1.21. The first-order valence-corrected chi connectivity index (χ1v) is 6.26. The van der Waals surface area contributed by atoms with E-state index >= 15 is 0 Å². The van der Waals surface area contributed by atoms with Crippen molar-refractivity contribution >= 4 is 12.4 Å². The molecule has 0 unspecified atom stereocenters. The van der Waals surface area contributed by atoms with Crippen LogP contribution >= 0.6 is 0 Å². The normalized spacial score (nSPS) is 12.6. The average Bonchev–Trinajstić information content (AvgIpc) is 2.65. The van der Waals surface area contributed by atoms with Gasteiger partial charge in [-0.15, -0.1) is 0 Å². The molecule has 17 heavy (non-hydrogen) atoms. The number of aromatic amines is 1. The Hall–Kier alpha value is -1.38. The summed E-state index contributed by atoms with van der Waals surface area (Å²) in [6.07, 6.45) is 3.78. The minimum absolute atomic E-state index is 0.605. The third-order valence-corrected chi connectivity index (χ3v) is 2.13. The summed E-state index contributed by atoms with van der Waals surface area (Å²) in [6.45, 7) is 10.4. The largest absolute Gasteiger partial charge is 0.353 e. The Morgan fingerprint density at radius 3 is 1.71 bits per heavy atom. The number of nitrogens with zero attached hydrogens (tertiary/aromatic N) is 2. The van der Waals surface area contributed by atoms with Crippen LogP contribution in [0.1, 0.15) is 39.1 Å². The summed E-state index contributed by atoms with van der Waals surface area (Å²) in [4.78, 5) is 12.0. The number of aromatic nitrogens is 1. The molecule has 0 atom stereocenters. The molecule has 1 rings (SSSR count). The van der Waals surface area contributed by atoms with E-state index in [1.54, 1.807) is 0 Å². The lowest BCUT2D eigenvalue weighted by Crippen LogP contribution is -1.94. The number of nitrogens with one attached hydrogen (secondary N) is 1. The second-order valence-corrected chi connectivity index (χ2v) is 5.15. The van der Waals surface area contributed by atoms with Crippen molar-refractivity contribution in [1.29, 1.82) is 0 Å². The van der Waals surface area contributed by atoms with E-state index in [1.165, 1.54) is 0 Å². The van der Waals surface area contributed by atoms with E-state index in [9.17, 15) is 0 Å². The van der Waals surface area contributed by atoms with Gasteiger partial charge in [0, 0.05) is 25.5 Å². The van der Waals surface area contributed by atoms with E-state index < -0.39 is 0 Å². The van der Waals surface area contributed by atoms with Crippen LogP contribution in [-0.4, -0.2) is 30.5 Å². The molecule has 0 bridgehead atoms. The highest BCUT2D eigenvalue weighted by Crippen LogP contribution is 1.99. The topological polar surface area (TPSA) is 40.5 Å². The van der Waals surface area contributed by atoms with Crippen molar-refractivity contribution in [1.82, 2.24) is 4.98 Å². The van der Waals surface area contributed by atoms with Gasteiger partial charge >= 0.3 is 0 Å². The van der Waals surface area contributed by atoms with E-state index in [4.69, 9.17) is 0 Å². The third-order valence-electron chi connectivity index (χ3n) is 2.13. The molecule has 1 N–H and O–H groups in total. The molecule has 1 heterocycles. The molecule has 3 heteroatoms. The zero-order chi connectivity index (χ0) is 12.7. The van der Waals surface area contributed by atoms with Gasteiger partial charge in [-0.2, -0.15) is 0 Å². The molecule has 0 radical (unpaired) electrons. The van der Waals surface area contributed by atoms with Gasteiger partial charge in [0.1, 0.15) is 0 Å². The van der Waals surface area contributed by atoms with Crippen LogP contribution in [0.5, 0.6) is 0 Å². The molecule has 1 aromatic heterocycles. The SMILES string of the molecule is CC(C)C/N=C/c1ccc(/C=N/CC(C)C)[nH]1. The Bertz CT molecular complexity index is 338. The summed E-state index contributed by atoms with van der Waals surface area (Å²) < 4.78 is 0. The first-order valence-electron chi connectivity index (χ1n) is 6.26. The molecule has 0 saturated carbocycles. The Labute approximate surface area is 104 Å². The van der Waals surface area contributed by atoms with E-state index in [0.717, 1.165) is 24.5 Å². The Balaban J connectivity index is 2.47. The molecule has 0 amide bonds. The summed E-state index contributed by atoms with van der Waals surface area (Å²) in [6, 6.07) is 4.06. The summed E-state index contributed by atoms with van der Waals surface area (Å²) in [5, 5.41) is 0. The first kappa shape index (κ1) is 13.7. The van der Waals surface area contributed by atoms with Gasteiger partial charge in [0.05, 0.1) is 11.4 Å². The molecular formula is C14H23N3. The summed E-state index contributed by atoms with van der Waals surface area (Å²) in [5.41, 5.74) is 2.08. The first-order chi connectivity index (χ1) is 8.08. The fraction of sp³-hybridized carbons (Fsp3) is 0.571. The van der Waals surface area contributed by atoms with Crippen LogP contribution in [0.4, 0.5) is 0 Å². The lowest BCUT2D eigenvalue weighted by atomic mass is 10.2. The van der Waals surface area contributed by atoms with Gasteiger partial charge in [0.2, 0.25) is 0 Å². The van der Waals surface area contributed by atoms with Gasteiger partial charge in [-0.05, 0) is 24.0 Å². The Morgan fingerprint density at radius 2 is 1.35 bits per heavy atom. The standard InChI is InChI=1S/C14H23N3/c1-11(2)7-15-9-13-5-6-14(17-13)10-16-8-12(3)4/h5-6,9-12,17H,7-8H2,1-4H3/b15-9+,16-10+. The van der Waals surface area contributed by atoms with E-state index in [2.05, 4.69) is 42.7 Å². The number of aliphatic imine (C=N–C) groups is 2. The molecule has 0 aliphatic carbocycles. The monoisotopic (exact) mass is 233 g/mol. The number of hydrogen-bond acceptors (Lipinski definition) is 2. The minimum Gasteiger partial charge on any atom is -0.353 e. The van der Waals surface area contributed by atoms with Crippen LogP contribution in [0.25, 0.3) is 0 Å². The zero-order valence-corrected chi connectivity index (χ0v) is 11.3. The lowest BCUT2D eigenvalue weighted by Gasteiger charge is -1.96. The van der Waals surface area contributed by atoms with E-state index in [-0.39, 0.29) is 0 Å². The molecule has 0 fully saturated rings. The fourth-order valence-electron chi connectivity index (χ4n) is 1.30. The Kier molecular flexibility index (Phi) is 5.67. The van der Waals surface area contributed by atoms with Crippen LogP contribution in [0.2, 0.25) is 0 Å². The number of rotatable bonds is 6. The minimum atomic E-state index is 0.605. The average molecular weight is 233 g/mol. The van der Waals surface area contributed by atoms with Crippen molar-refractivity contribution in [2.45, 2.75) is 27.7 Å². The maximum Gasteiger partial charge on any atom is 0.0566 e. The predicted octanol–water partition coefficient (Wildman–Crippen LogP) is 3.16. The molecule has 0 aliphatic rings. The van der Waals surface area contributed by atoms with E-state index in [0.29, 0.717) is 11.8 Å². The maximum absolute atomic E-state index is 4.36. The van der Waals surface area contributed by atoms with Gasteiger partial charge in [0.25, 0.3) is 0 Å². The van der Waals surface area contributed by atoms with Gasteiger partial charge in [-0.3, -0.25) is 9.98 Å². The van der Waals surface area contributed by atoms with Crippen molar-refractivity contribution in [2.24, 2.45) is 21.8 Å².